The number of hydrogen-bond donors (Lipinski definition) is 1. The van der Waals surface area contributed by atoms with Gasteiger partial charge in [0.05, 0.1) is 13.0 Å². The molecule has 0 aliphatic heterocycles. The third-order valence-corrected chi connectivity index (χ3v) is 5.73. The Bertz CT molecular complexity index is 646. The quantitative estimate of drug-likeness (QED) is 0.911. The third-order valence-electron chi connectivity index (χ3n) is 3.99. The second kappa shape index (κ2) is 6.75. The number of hydrogen-bond acceptors (Lipinski definition) is 6. The van der Waals surface area contributed by atoms with E-state index >= 15 is 0 Å². The van der Waals surface area contributed by atoms with E-state index < -0.39 is 0 Å². The first-order valence-electron chi connectivity index (χ1n) is 7.54. The average molecular weight is 336 g/mol. The van der Waals surface area contributed by atoms with Crippen LogP contribution in [0.1, 0.15) is 40.4 Å². The zero-order chi connectivity index (χ0) is 15.5. The van der Waals surface area contributed by atoms with Crippen LogP contribution in [-0.4, -0.2) is 27.0 Å². The molecule has 1 saturated carbocycles. The van der Waals surface area contributed by atoms with Crippen molar-refractivity contribution in [2.45, 2.75) is 51.6 Å². The van der Waals surface area contributed by atoms with Gasteiger partial charge in [-0.15, -0.1) is 21.5 Å². The smallest absolute Gasteiger partial charge is 0.230 e. The van der Waals surface area contributed by atoms with E-state index in [1.54, 1.807) is 11.3 Å². The monoisotopic (exact) mass is 336 g/mol. The van der Waals surface area contributed by atoms with Crippen LogP contribution in [0.5, 0.6) is 0 Å². The largest absolute Gasteiger partial charge is 0.374 e. The Morgan fingerprint density at radius 2 is 2.09 bits per heavy atom. The molecule has 1 amide bonds. The standard InChI is InChI=1S/C15H20N4OS2/c1-10-6-7-12(21-10)9-19(11-4-2-3-5-11)14(20)8-13-17-18-15(16)22-13/h6-7,11H,2-5,8-9H2,1H3,(H2,16,18). The fourth-order valence-electron chi connectivity index (χ4n) is 2.94. The first-order valence-corrected chi connectivity index (χ1v) is 9.18. The normalized spacial score (nSPS) is 15.3. The average Bonchev–Trinajstić information content (AvgIpc) is 3.19. The van der Waals surface area contributed by atoms with E-state index in [-0.39, 0.29) is 5.91 Å². The molecular formula is C15H20N4OS2. The maximum atomic E-state index is 12.7. The number of rotatable bonds is 5. The van der Waals surface area contributed by atoms with Crippen LogP contribution in [0.25, 0.3) is 0 Å². The molecule has 2 heterocycles. The van der Waals surface area contributed by atoms with Crippen LogP contribution < -0.4 is 5.73 Å². The van der Waals surface area contributed by atoms with Crippen molar-refractivity contribution < 1.29 is 4.79 Å². The van der Waals surface area contributed by atoms with Crippen LogP contribution in [0.4, 0.5) is 5.13 Å². The van der Waals surface area contributed by atoms with Crippen molar-refractivity contribution in [3.8, 4) is 0 Å². The molecule has 2 aromatic heterocycles. The lowest BCUT2D eigenvalue weighted by molar-refractivity contribution is -0.133. The minimum absolute atomic E-state index is 0.133. The summed E-state index contributed by atoms with van der Waals surface area (Å²) < 4.78 is 0. The van der Waals surface area contributed by atoms with E-state index in [9.17, 15) is 4.79 Å². The summed E-state index contributed by atoms with van der Waals surface area (Å²) in [7, 11) is 0. The molecule has 1 aliphatic carbocycles. The van der Waals surface area contributed by atoms with Gasteiger partial charge in [0.25, 0.3) is 0 Å². The van der Waals surface area contributed by atoms with Crippen LogP contribution in [-0.2, 0) is 17.8 Å². The maximum absolute atomic E-state index is 12.7. The minimum Gasteiger partial charge on any atom is -0.374 e. The highest BCUT2D eigenvalue weighted by atomic mass is 32.1. The second-order valence-electron chi connectivity index (χ2n) is 5.68. The molecule has 1 aliphatic rings. The van der Waals surface area contributed by atoms with E-state index in [0.717, 1.165) is 12.8 Å². The highest BCUT2D eigenvalue weighted by Crippen LogP contribution is 2.27. The predicted molar refractivity (Wildman–Crippen MR) is 89.9 cm³/mol. The van der Waals surface area contributed by atoms with Crippen LogP contribution in [0.15, 0.2) is 12.1 Å². The minimum atomic E-state index is 0.133. The summed E-state index contributed by atoms with van der Waals surface area (Å²) in [6.07, 6.45) is 4.94. The zero-order valence-electron chi connectivity index (χ0n) is 12.6. The van der Waals surface area contributed by atoms with Crippen molar-refractivity contribution in [2.24, 2.45) is 0 Å². The maximum Gasteiger partial charge on any atom is 0.230 e. The number of nitrogen functional groups attached to an aromatic ring is 1. The Kier molecular flexibility index (Phi) is 4.73. The van der Waals surface area contributed by atoms with Gasteiger partial charge in [0.15, 0.2) is 0 Å². The Labute approximate surface area is 138 Å². The Balaban J connectivity index is 1.73. The number of anilines is 1. The molecule has 0 spiro atoms. The van der Waals surface area contributed by atoms with Gasteiger partial charge in [-0.05, 0) is 31.9 Å². The van der Waals surface area contributed by atoms with E-state index in [1.165, 1.54) is 33.9 Å². The molecule has 2 N–H and O–H groups in total. The number of carbonyl (C=O) groups is 1. The van der Waals surface area contributed by atoms with Crippen molar-refractivity contribution in [1.29, 1.82) is 0 Å². The van der Waals surface area contributed by atoms with E-state index in [1.807, 2.05) is 4.90 Å². The van der Waals surface area contributed by atoms with Gasteiger partial charge in [0.2, 0.25) is 11.0 Å². The summed E-state index contributed by atoms with van der Waals surface area (Å²) in [4.78, 5) is 17.3. The van der Waals surface area contributed by atoms with Gasteiger partial charge in [0, 0.05) is 15.8 Å². The molecule has 0 aromatic carbocycles. The summed E-state index contributed by atoms with van der Waals surface area (Å²) in [6.45, 7) is 2.80. The fraction of sp³-hybridized carbons (Fsp3) is 0.533. The molecule has 5 nitrogen and oxygen atoms in total. The second-order valence-corrected chi connectivity index (χ2v) is 8.15. The van der Waals surface area contributed by atoms with Gasteiger partial charge in [0.1, 0.15) is 5.01 Å². The number of nitrogens with two attached hydrogens (primary N) is 1. The molecule has 7 heteroatoms. The van der Waals surface area contributed by atoms with Gasteiger partial charge in [-0.1, -0.05) is 24.2 Å². The van der Waals surface area contributed by atoms with Gasteiger partial charge in [-0.25, -0.2) is 0 Å². The van der Waals surface area contributed by atoms with E-state index in [4.69, 9.17) is 5.73 Å². The van der Waals surface area contributed by atoms with Crippen LogP contribution >= 0.6 is 22.7 Å². The van der Waals surface area contributed by atoms with Crippen molar-refractivity contribution in [2.75, 3.05) is 5.73 Å². The molecule has 22 heavy (non-hydrogen) atoms. The van der Waals surface area contributed by atoms with Crippen LogP contribution in [0.2, 0.25) is 0 Å². The van der Waals surface area contributed by atoms with Crippen LogP contribution in [0.3, 0.4) is 0 Å². The van der Waals surface area contributed by atoms with E-state index in [2.05, 4.69) is 29.3 Å². The Morgan fingerprint density at radius 1 is 1.32 bits per heavy atom. The summed E-state index contributed by atoms with van der Waals surface area (Å²) in [5.41, 5.74) is 5.60. The highest BCUT2D eigenvalue weighted by Gasteiger charge is 2.27. The third kappa shape index (κ3) is 3.64. The zero-order valence-corrected chi connectivity index (χ0v) is 14.3. The van der Waals surface area contributed by atoms with Gasteiger partial charge >= 0.3 is 0 Å². The number of amides is 1. The number of thiophene rings is 1. The summed E-state index contributed by atoms with van der Waals surface area (Å²) in [5.74, 6) is 0.133. The Hall–Kier alpha value is -1.47. The predicted octanol–water partition coefficient (Wildman–Crippen LogP) is 3.00. The Morgan fingerprint density at radius 3 is 2.68 bits per heavy atom. The van der Waals surface area contributed by atoms with Gasteiger partial charge < -0.3 is 10.6 Å². The molecule has 2 aromatic rings. The SMILES string of the molecule is Cc1ccc(CN(C(=O)Cc2nnc(N)s2)C2CCCC2)s1. The summed E-state index contributed by atoms with van der Waals surface area (Å²) in [5, 5.41) is 8.89. The fourth-order valence-corrected chi connectivity index (χ4v) is 4.43. The molecule has 0 saturated heterocycles. The summed E-state index contributed by atoms with van der Waals surface area (Å²) in [6, 6.07) is 4.60. The lowest BCUT2D eigenvalue weighted by Gasteiger charge is -2.28. The molecular weight excluding hydrogens is 316 g/mol. The molecule has 118 valence electrons. The molecule has 0 atom stereocenters. The molecule has 1 fully saturated rings. The number of nitrogens with zero attached hydrogens (tertiary/aromatic N) is 3. The van der Waals surface area contributed by atoms with Crippen molar-refractivity contribution in [3.63, 3.8) is 0 Å². The first kappa shape index (κ1) is 15.4. The van der Waals surface area contributed by atoms with Crippen molar-refractivity contribution >= 4 is 33.7 Å². The molecule has 3 rings (SSSR count). The lowest BCUT2D eigenvalue weighted by atomic mass is 10.2. The topological polar surface area (TPSA) is 72.1 Å². The molecule has 0 unspecified atom stereocenters. The van der Waals surface area contributed by atoms with E-state index in [0.29, 0.717) is 29.1 Å². The van der Waals surface area contributed by atoms with Crippen LogP contribution in [0, 0.1) is 6.92 Å². The molecule has 0 radical (unpaired) electrons. The van der Waals surface area contributed by atoms with Gasteiger partial charge in [-0.3, -0.25) is 4.79 Å². The lowest BCUT2D eigenvalue weighted by Crippen LogP contribution is -2.39. The van der Waals surface area contributed by atoms with Crippen molar-refractivity contribution in [3.05, 3.63) is 26.9 Å². The number of aromatic nitrogens is 2. The summed E-state index contributed by atoms with van der Waals surface area (Å²) >= 11 is 3.06. The first-order chi connectivity index (χ1) is 10.6. The van der Waals surface area contributed by atoms with Gasteiger partial charge in [-0.2, -0.15) is 0 Å². The highest BCUT2D eigenvalue weighted by molar-refractivity contribution is 7.15. The molecule has 0 bridgehead atoms. The number of carbonyl (C=O) groups excluding carboxylic acids is 1. The number of aryl methyl sites for hydroxylation is 1. The van der Waals surface area contributed by atoms with Crippen molar-refractivity contribution in [1.82, 2.24) is 15.1 Å².